The lowest BCUT2D eigenvalue weighted by Crippen LogP contribution is -2.16. The molecule has 0 atom stereocenters. The number of phenolic OH excluding ortho intramolecular Hbond substituents is 1. The molecule has 0 saturated carbocycles. The number of nitro benzene ring substituents is 1. The minimum absolute atomic E-state index is 0.0481. The average molecular weight is 455 g/mol. The number of halogens is 1. The number of hydrazone groups is 1. The largest absolute Gasteiger partial charge is 0.506 e. The maximum absolute atomic E-state index is 12.2. The molecule has 144 valence electrons. The molecule has 0 aliphatic rings. The van der Waals surface area contributed by atoms with Gasteiger partial charge in [-0.15, -0.1) is 0 Å². The van der Waals surface area contributed by atoms with Crippen molar-refractivity contribution in [1.29, 1.82) is 5.26 Å². The number of nitrogens with one attached hydrogen (secondary N) is 2. The van der Waals surface area contributed by atoms with Gasteiger partial charge in [0, 0.05) is 23.3 Å². The summed E-state index contributed by atoms with van der Waals surface area (Å²) in [4.78, 5) is 29.1. The lowest BCUT2D eigenvalue weighted by molar-refractivity contribution is -0.385. The number of hydrogen-bond donors (Lipinski definition) is 3. The molecule has 3 N–H and O–H groups in total. The Kier molecular flexibility index (Phi) is 5.66. The Bertz CT molecular complexity index is 1220. The molecule has 11 heteroatoms. The molecule has 0 bridgehead atoms. The van der Waals surface area contributed by atoms with Crippen LogP contribution >= 0.6 is 15.9 Å². The van der Waals surface area contributed by atoms with Crippen molar-refractivity contribution in [2.45, 2.75) is 0 Å². The number of nitriles is 1. The van der Waals surface area contributed by atoms with Gasteiger partial charge in [0.1, 0.15) is 17.4 Å². The third kappa shape index (κ3) is 4.28. The number of aromatic amines is 1. The van der Waals surface area contributed by atoms with Gasteiger partial charge in [0.2, 0.25) is 5.95 Å². The Labute approximate surface area is 171 Å². The number of aromatic nitrogens is 2. The second-order valence-electron chi connectivity index (χ2n) is 5.61. The monoisotopic (exact) mass is 454 g/mol. The van der Waals surface area contributed by atoms with Crippen LogP contribution < -0.4 is 11.0 Å². The molecule has 0 radical (unpaired) electrons. The highest BCUT2D eigenvalue weighted by Gasteiger charge is 2.15. The van der Waals surface area contributed by atoms with E-state index in [0.717, 1.165) is 18.3 Å². The van der Waals surface area contributed by atoms with Gasteiger partial charge >= 0.3 is 0 Å². The van der Waals surface area contributed by atoms with Gasteiger partial charge in [-0.05, 0) is 15.9 Å². The summed E-state index contributed by atoms with van der Waals surface area (Å²) in [5, 5.41) is 34.1. The number of rotatable bonds is 5. The molecule has 0 fully saturated rings. The van der Waals surface area contributed by atoms with E-state index >= 15 is 0 Å². The first-order valence-electron chi connectivity index (χ1n) is 7.96. The molecule has 0 unspecified atom stereocenters. The summed E-state index contributed by atoms with van der Waals surface area (Å²) in [5.41, 5.74) is 2.26. The van der Waals surface area contributed by atoms with E-state index in [0.29, 0.717) is 5.56 Å². The molecule has 10 nitrogen and oxygen atoms in total. The Morgan fingerprint density at radius 2 is 2.07 bits per heavy atom. The summed E-state index contributed by atoms with van der Waals surface area (Å²) in [6, 6.07) is 12.8. The van der Waals surface area contributed by atoms with Gasteiger partial charge in [0.15, 0.2) is 0 Å². The Balaban J connectivity index is 1.94. The SMILES string of the molecule is N#Cc1c(-c2ccccc2)nc(NN=Cc2cc([N+](=O)[O-])cc(Br)c2O)[nH]c1=O. The summed E-state index contributed by atoms with van der Waals surface area (Å²) in [7, 11) is 0. The number of hydrogen-bond acceptors (Lipinski definition) is 8. The van der Waals surface area contributed by atoms with Crippen LogP contribution in [0.5, 0.6) is 5.75 Å². The van der Waals surface area contributed by atoms with E-state index in [-0.39, 0.29) is 38.7 Å². The van der Waals surface area contributed by atoms with Crippen molar-refractivity contribution in [2.24, 2.45) is 5.10 Å². The summed E-state index contributed by atoms with van der Waals surface area (Å²) >= 11 is 3.04. The van der Waals surface area contributed by atoms with E-state index in [1.807, 2.05) is 6.07 Å². The van der Waals surface area contributed by atoms with Crippen LogP contribution in [-0.4, -0.2) is 26.2 Å². The van der Waals surface area contributed by atoms with Crippen LogP contribution in [0, 0.1) is 21.4 Å². The van der Waals surface area contributed by atoms with Gasteiger partial charge in [-0.25, -0.2) is 10.4 Å². The van der Waals surface area contributed by atoms with Gasteiger partial charge < -0.3 is 5.11 Å². The molecule has 1 heterocycles. The zero-order valence-electron chi connectivity index (χ0n) is 14.5. The van der Waals surface area contributed by atoms with Crippen molar-refractivity contribution >= 4 is 33.8 Å². The number of H-pyrrole nitrogens is 1. The van der Waals surface area contributed by atoms with Crippen LogP contribution in [0.1, 0.15) is 11.1 Å². The predicted molar refractivity (Wildman–Crippen MR) is 109 cm³/mol. The summed E-state index contributed by atoms with van der Waals surface area (Å²) in [6.07, 6.45) is 1.13. The molecule has 0 aliphatic heterocycles. The minimum Gasteiger partial charge on any atom is -0.506 e. The van der Waals surface area contributed by atoms with E-state index < -0.39 is 10.5 Å². The number of non-ortho nitro benzene ring substituents is 1. The normalized spacial score (nSPS) is 10.6. The molecular weight excluding hydrogens is 444 g/mol. The zero-order chi connectivity index (χ0) is 21.0. The standard InChI is InChI=1S/C18H11BrN6O4/c19-14-7-12(25(28)29)6-11(16(14)26)9-21-24-18-22-15(10-4-2-1-3-5-10)13(8-20)17(27)23-18/h1-7,9,26H,(H2,22,23,24,27). The molecule has 0 spiro atoms. The van der Waals surface area contributed by atoms with Crippen molar-refractivity contribution in [3.63, 3.8) is 0 Å². The lowest BCUT2D eigenvalue weighted by atomic mass is 10.1. The Hall–Kier alpha value is -4.04. The number of aromatic hydroxyl groups is 1. The van der Waals surface area contributed by atoms with Gasteiger partial charge in [-0.1, -0.05) is 30.3 Å². The number of phenols is 1. The molecule has 0 saturated heterocycles. The second kappa shape index (κ2) is 8.32. The van der Waals surface area contributed by atoms with E-state index in [4.69, 9.17) is 0 Å². The van der Waals surface area contributed by atoms with Crippen LogP contribution in [0.4, 0.5) is 11.6 Å². The van der Waals surface area contributed by atoms with Crippen molar-refractivity contribution in [3.05, 3.63) is 78.5 Å². The lowest BCUT2D eigenvalue weighted by Gasteiger charge is -2.06. The third-order valence-corrected chi connectivity index (χ3v) is 4.35. The fourth-order valence-corrected chi connectivity index (χ4v) is 2.87. The summed E-state index contributed by atoms with van der Waals surface area (Å²) < 4.78 is 0.129. The highest BCUT2D eigenvalue weighted by Crippen LogP contribution is 2.31. The van der Waals surface area contributed by atoms with Crippen molar-refractivity contribution in [3.8, 4) is 23.1 Å². The van der Waals surface area contributed by atoms with Crippen molar-refractivity contribution in [1.82, 2.24) is 9.97 Å². The predicted octanol–water partition coefficient (Wildman–Crippen LogP) is 3.13. The van der Waals surface area contributed by atoms with Crippen LogP contribution in [0.3, 0.4) is 0 Å². The fourth-order valence-electron chi connectivity index (χ4n) is 2.41. The quantitative estimate of drug-likeness (QED) is 0.303. The fraction of sp³-hybridized carbons (Fsp3) is 0. The molecular formula is C18H11BrN6O4. The van der Waals surface area contributed by atoms with Crippen LogP contribution in [0.15, 0.2) is 56.8 Å². The molecule has 3 aromatic rings. The maximum atomic E-state index is 12.2. The molecule has 0 amide bonds. The van der Waals surface area contributed by atoms with Crippen LogP contribution in [-0.2, 0) is 0 Å². The first-order valence-corrected chi connectivity index (χ1v) is 8.76. The Morgan fingerprint density at radius 3 is 2.72 bits per heavy atom. The first kappa shape index (κ1) is 19.7. The van der Waals surface area contributed by atoms with E-state index in [1.165, 1.54) is 0 Å². The molecule has 2 aromatic carbocycles. The number of nitro groups is 1. The zero-order valence-corrected chi connectivity index (χ0v) is 16.0. The molecule has 3 rings (SSSR count). The molecule has 1 aromatic heterocycles. The van der Waals surface area contributed by atoms with Gasteiger partial charge in [0.05, 0.1) is 21.3 Å². The number of benzene rings is 2. The summed E-state index contributed by atoms with van der Waals surface area (Å²) in [6.45, 7) is 0. The molecule has 0 aliphatic carbocycles. The van der Waals surface area contributed by atoms with Crippen molar-refractivity contribution < 1.29 is 10.0 Å². The van der Waals surface area contributed by atoms with E-state index in [9.17, 15) is 25.3 Å². The maximum Gasteiger partial charge on any atom is 0.271 e. The van der Waals surface area contributed by atoms with Gasteiger partial charge in [0.25, 0.3) is 11.2 Å². The third-order valence-electron chi connectivity index (χ3n) is 3.74. The highest BCUT2D eigenvalue weighted by molar-refractivity contribution is 9.10. The van der Waals surface area contributed by atoms with Crippen molar-refractivity contribution in [2.75, 3.05) is 5.43 Å². The highest BCUT2D eigenvalue weighted by atomic mass is 79.9. The van der Waals surface area contributed by atoms with E-state index in [2.05, 4.69) is 36.4 Å². The van der Waals surface area contributed by atoms with Gasteiger partial charge in [-0.2, -0.15) is 10.4 Å². The topological polar surface area (TPSA) is 157 Å². The summed E-state index contributed by atoms with van der Waals surface area (Å²) in [5.74, 6) is -0.291. The van der Waals surface area contributed by atoms with Crippen LogP contribution in [0.2, 0.25) is 0 Å². The number of nitrogens with zero attached hydrogens (tertiary/aromatic N) is 4. The van der Waals surface area contributed by atoms with Gasteiger partial charge in [-0.3, -0.25) is 19.9 Å². The Morgan fingerprint density at radius 1 is 1.34 bits per heavy atom. The van der Waals surface area contributed by atoms with Crippen LogP contribution in [0.25, 0.3) is 11.3 Å². The smallest absolute Gasteiger partial charge is 0.271 e. The molecule has 29 heavy (non-hydrogen) atoms. The average Bonchev–Trinajstić information content (AvgIpc) is 2.71. The second-order valence-corrected chi connectivity index (χ2v) is 6.46. The minimum atomic E-state index is -0.653. The first-order chi connectivity index (χ1) is 13.9. The number of anilines is 1. The van der Waals surface area contributed by atoms with E-state index in [1.54, 1.807) is 30.3 Å².